The van der Waals surface area contributed by atoms with Gasteiger partial charge in [-0.3, -0.25) is 0 Å². The fourth-order valence-electron chi connectivity index (χ4n) is 1.31. The standard InChI is InChI=1S/C12H6BrClF3NO/c13-8-1-2-9(14)10(6-8)19-11-5-7(3-4-18-11)12(15,16)17/h1-6H. The summed E-state index contributed by atoms with van der Waals surface area (Å²) in [5.74, 6) is 0.0534. The van der Waals surface area contributed by atoms with Crippen molar-refractivity contribution in [3.8, 4) is 11.6 Å². The van der Waals surface area contributed by atoms with Gasteiger partial charge in [-0.25, -0.2) is 4.98 Å². The van der Waals surface area contributed by atoms with Crippen LogP contribution in [-0.4, -0.2) is 4.98 Å². The SMILES string of the molecule is FC(F)(F)c1ccnc(Oc2cc(Br)ccc2Cl)c1. The number of rotatable bonds is 2. The van der Waals surface area contributed by atoms with Crippen LogP contribution in [0.5, 0.6) is 11.6 Å². The summed E-state index contributed by atoms with van der Waals surface area (Å²) in [6, 6.07) is 6.49. The van der Waals surface area contributed by atoms with Crippen LogP contribution in [-0.2, 0) is 6.18 Å². The quantitative estimate of drug-likeness (QED) is 0.731. The van der Waals surface area contributed by atoms with Gasteiger partial charge in [-0.2, -0.15) is 13.2 Å². The number of nitrogens with zero attached hydrogens (tertiary/aromatic N) is 1. The molecule has 0 saturated carbocycles. The van der Waals surface area contributed by atoms with Crippen molar-refractivity contribution in [2.24, 2.45) is 0 Å². The normalized spacial score (nSPS) is 11.4. The topological polar surface area (TPSA) is 22.1 Å². The highest BCUT2D eigenvalue weighted by Crippen LogP contribution is 2.34. The zero-order valence-electron chi connectivity index (χ0n) is 9.21. The number of hydrogen-bond donors (Lipinski definition) is 0. The van der Waals surface area contributed by atoms with Gasteiger partial charge < -0.3 is 4.74 Å². The molecule has 1 aromatic carbocycles. The highest BCUT2D eigenvalue weighted by molar-refractivity contribution is 9.10. The molecule has 0 atom stereocenters. The Hall–Kier alpha value is -1.27. The Balaban J connectivity index is 2.31. The summed E-state index contributed by atoms with van der Waals surface area (Å²) in [4.78, 5) is 3.72. The molecular weight excluding hydrogens is 346 g/mol. The molecule has 19 heavy (non-hydrogen) atoms. The molecular formula is C12H6BrClF3NO. The molecule has 2 nitrogen and oxygen atoms in total. The lowest BCUT2D eigenvalue weighted by Gasteiger charge is -2.10. The molecule has 0 unspecified atom stereocenters. The first-order valence-electron chi connectivity index (χ1n) is 5.02. The smallest absolute Gasteiger partial charge is 0.416 e. The van der Waals surface area contributed by atoms with Gasteiger partial charge in [0.2, 0.25) is 5.88 Å². The lowest BCUT2D eigenvalue weighted by atomic mass is 10.2. The summed E-state index contributed by atoms with van der Waals surface area (Å²) in [6.45, 7) is 0. The number of benzene rings is 1. The summed E-state index contributed by atoms with van der Waals surface area (Å²) < 4.78 is 43.5. The largest absolute Gasteiger partial charge is 0.437 e. The van der Waals surface area contributed by atoms with Crippen molar-refractivity contribution in [3.05, 3.63) is 51.6 Å². The first kappa shape index (κ1) is 14.1. The fourth-order valence-corrected chi connectivity index (χ4v) is 1.81. The molecule has 0 aliphatic carbocycles. The van der Waals surface area contributed by atoms with E-state index in [1.54, 1.807) is 18.2 Å². The van der Waals surface area contributed by atoms with Gasteiger partial charge in [-0.15, -0.1) is 0 Å². The fraction of sp³-hybridized carbons (Fsp3) is 0.0833. The second kappa shape index (κ2) is 5.38. The first-order valence-corrected chi connectivity index (χ1v) is 6.19. The van der Waals surface area contributed by atoms with E-state index >= 15 is 0 Å². The van der Waals surface area contributed by atoms with Gasteiger partial charge in [0.1, 0.15) is 5.75 Å². The molecule has 1 aromatic heterocycles. The van der Waals surface area contributed by atoms with Crippen LogP contribution in [0.15, 0.2) is 41.0 Å². The summed E-state index contributed by atoms with van der Waals surface area (Å²) in [5, 5.41) is 0.280. The average Bonchev–Trinajstić information content (AvgIpc) is 2.33. The molecule has 0 spiro atoms. The van der Waals surface area contributed by atoms with Crippen LogP contribution in [0.25, 0.3) is 0 Å². The average molecular weight is 353 g/mol. The van der Waals surface area contributed by atoms with E-state index in [1.165, 1.54) is 0 Å². The van der Waals surface area contributed by atoms with Crippen LogP contribution in [0, 0.1) is 0 Å². The summed E-state index contributed by atoms with van der Waals surface area (Å²) >= 11 is 9.10. The second-order valence-corrected chi connectivity index (χ2v) is 4.88. The van der Waals surface area contributed by atoms with Gasteiger partial charge in [-0.1, -0.05) is 27.5 Å². The minimum atomic E-state index is -4.44. The molecule has 2 aromatic rings. The minimum Gasteiger partial charge on any atom is -0.437 e. The lowest BCUT2D eigenvalue weighted by molar-refractivity contribution is -0.137. The molecule has 0 saturated heterocycles. The molecule has 0 fully saturated rings. The van der Waals surface area contributed by atoms with Crippen molar-refractivity contribution in [1.82, 2.24) is 4.98 Å². The molecule has 2 rings (SSSR count). The Morgan fingerprint density at radius 1 is 1.16 bits per heavy atom. The number of ether oxygens (including phenoxy) is 1. The molecule has 0 aliphatic rings. The van der Waals surface area contributed by atoms with Crippen LogP contribution in [0.3, 0.4) is 0 Å². The van der Waals surface area contributed by atoms with E-state index in [-0.39, 0.29) is 16.7 Å². The van der Waals surface area contributed by atoms with Gasteiger partial charge >= 0.3 is 6.18 Å². The van der Waals surface area contributed by atoms with E-state index in [2.05, 4.69) is 20.9 Å². The number of hydrogen-bond acceptors (Lipinski definition) is 2. The highest BCUT2D eigenvalue weighted by Gasteiger charge is 2.31. The van der Waals surface area contributed by atoms with E-state index in [4.69, 9.17) is 16.3 Å². The van der Waals surface area contributed by atoms with Crippen LogP contribution in [0.4, 0.5) is 13.2 Å². The van der Waals surface area contributed by atoms with E-state index < -0.39 is 11.7 Å². The Labute approximate surface area is 120 Å². The van der Waals surface area contributed by atoms with Crippen molar-refractivity contribution in [2.75, 3.05) is 0 Å². The van der Waals surface area contributed by atoms with Crippen molar-refractivity contribution < 1.29 is 17.9 Å². The zero-order valence-corrected chi connectivity index (χ0v) is 11.6. The second-order valence-electron chi connectivity index (χ2n) is 3.56. The van der Waals surface area contributed by atoms with Crippen molar-refractivity contribution in [1.29, 1.82) is 0 Å². The summed E-state index contributed by atoms with van der Waals surface area (Å²) in [7, 11) is 0. The van der Waals surface area contributed by atoms with Crippen molar-refractivity contribution in [2.45, 2.75) is 6.18 Å². The Bertz CT molecular complexity index is 604. The predicted octanol–water partition coefficient (Wildman–Crippen LogP) is 5.31. The lowest BCUT2D eigenvalue weighted by Crippen LogP contribution is -2.05. The predicted molar refractivity (Wildman–Crippen MR) is 68.5 cm³/mol. The van der Waals surface area contributed by atoms with Gasteiger partial charge in [0, 0.05) is 16.7 Å². The van der Waals surface area contributed by atoms with Crippen molar-refractivity contribution >= 4 is 27.5 Å². The third kappa shape index (κ3) is 3.61. The minimum absolute atomic E-state index is 0.171. The Morgan fingerprint density at radius 3 is 2.58 bits per heavy atom. The number of alkyl halides is 3. The number of halogens is 5. The van der Waals surface area contributed by atoms with Crippen LogP contribution >= 0.6 is 27.5 Å². The summed E-state index contributed by atoms with van der Waals surface area (Å²) in [6.07, 6.45) is -3.41. The zero-order chi connectivity index (χ0) is 14.0. The van der Waals surface area contributed by atoms with E-state index in [0.29, 0.717) is 4.47 Å². The maximum Gasteiger partial charge on any atom is 0.416 e. The van der Waals surface area contributed by atoms with Crippen LogP contribution in [0.1, 0.15) is 5.56 Å². The number of aromatic nitrogens is 1. The molecule has 0 bridgehead atoms. The molecule has 0 aliphatic heterocycles. The Kier molecular flexibility index (Phi) is 4.01. The van der Waals surface area contributed by atoms with E-state index in [0.717, 1.165) is 18.3 Å². The molecule has 100 valence electrons. The number of pyridine rings is 1. The monoisotopic (exact) mass is 351 g/mol. The molecule has 0 N–H and O–H groups in total. The van der Waals surface area contributed by atoms with Gasteiger partial charge in [0.25, 0.3) is 0 Å². The summed E-state index contributed by atoms with van der Waals surface area (Å²) in [5.41, 5.74) is -0.830. The first-order chi connectivity index (χ1) is 8.86. The van der Waals surface area contributed by atoms with E-state index in [1.807, 2.05) is 0 Å². The molecule has 0 amide bonds. The molecule has 7 heteroatoms. The van der Waals surface area contributed by atoms with E-state index in [9.17, 15) is 13.2 Å². The third-order valence-electron chi connectivity index (χ3n) is 2.17. The van der Waals surface area contributed by atoms with Gasteiger partial charge in [0.15, 0.2) is 0 Å². The van der Waals surface area contributed by atoms with Gasteiger partial charge in [-0.05, 0) is 24.3 Å². The maximum absolute atomic E-state index is 12.5. The van der Waals surface area contributed by atoms with Crippen LogP contribution in [0.2, 0.25) is 5.02 Å². The van der Waals surface area contributed by atoms with Crippen molar-refractivity contribution in [3.63, 3.8) is 0 Å². The van der Waals surface area contributed by atoms with Gasteiger partial charge in [0.05, 0.1) is 10.6 Å². The Morgan fingerprint density at radius 2 is 1.89 bits per heavy atom. The molecule has 0 radical (unpaired) electrons. The highest BCUT2D eigenvalue weighted by atomic mass is 79.9. The van der Waals surface area contributed by atoms with Crippen LogP contribution < -0.4 is 4.74 Å². The molecule has 1 heterocycles. The maximum atomic E-state index is 12.5. The third-order valence-corrected chi connectivity index (χ3v) is 2.98.